The first-order valence-electron chi connectivity index (χ1n) is 5.13. The first kappa shape index (κ1) is 11.5. The van der Waals surface area contributed by atoms with Crippen LogP contribution in [0.4, 0.5) is 11.4 Å². The largest absolute Gasteiger partial charge is 0.369 e. The van der Waals surface area contributed by atoms with Crippen LogP contribution in [0.3, 0.4) is 0 Å². The zero-order chi connectivity index (χ0) is 11.3. The summed E-state index contributed by atoms with van der Waals surface area (Å²) in [5, 5.41) is 0. The molecule has 15 heavy (non-hydrogen) atoms. The smallest absolute Gasteiger partial charge is 0.240 e. The molecule has 80 valence electrons. The van der Waals surface area contributed by atoms with Gasteiger partial charge < -0.3 is 4.90 Å². The van der Waals surface area contributed by atoms with E-state index in [0.717, 1.165) is 12.2 Å². The molecular formula is C12H16N2O. The molecule has 0 aliphatic rings. The van der Waals surface area contributed by atoms with E-state index in [0.29, 0.717) is 11.7 Å². The molecule has 3 nitrogen and oxygen atoms in total. The zero-order valence-electron chi connectivity index (χ0n) is 9.40. The molecular weight excluding hydrogens is 188 g/mol. The number of hydrogen-bond acceptors (Lipinski definition) is 3. The molecule has 0 bridgehead atoms. The van der Waals surface area contributed by atoms with Crippen LogP contribution in [-0.2, 0) is 4.79 Å². The third kappa shape index (κ3) is 2.93. The average Bonchev–Trinajstić information content (AvgIpc) is 2.21. The standard InChI is InChI=1S/C12H16N2O/c1-4-14(10(2)3)12-7-5-11(6-8-12)13-9-15/h5-8,10H,4H2,1-3H3. The van der Waals surface area contributed by atoms with Crippen molar-refractivity contribution in [2.75, 3.05) is 11.4 Å². The molecule has 3 heteroatoms. The average molecular weight is 204 g/mol. The molecule has 1 aromatic rings. The second-order valence-electron chi connectivity index (χ2n) is 3.60. The summed E-state index contributed by atoms with van der Waals surface area (Å²) in [6.07, 6.45) is 1.53. The number of carbonyl (C=O) groups excluding carboxylic acids is 1. The predicted octanol–water partition coefficient (Wildman–Crippen LogP) is 2.89. The summed E-state index contributed by atoms with van der Waals surface area (Å²) in [7, 11) is 0. The topological polar surface area (TPSA) is 32.7 Å². The van der Waals surface area contributed by atoms with Gasteiger partial charge in [0.05, 0.1) is 5.69 Å². The van der Waals surface area contributed by atoms with Gasteiger partial charge in [-0.2, -0.15) is 4.99 Å². The van der Waals surface area contributed by atoms with Crippen LogP contribution in [0.25, 0.3) is 0 Å². The monoisotopic (exact) mass is 204 g/mol. The van der Waals surface area contributed by atoms with Crippen molar-refractivity contribution >= 4 is 17.5 Å². The van der Waals surface area contributed by atoms with Crippen molar-refractivity contribution in [3.05, 3.63) is 24.3 Å². The number of anilines is 1. The minimum Gasteiger partial charge on any atom is -0.369 e. The van der Waals surface area contributed by atoms with Crippen LogP contribution in [0.15, 0.2) is 29.3 Å². The van der Waals surface area contributed by atoms with Crippen LogP contribution in [0.1, 0.15) is 20.8 Å². The maximum atomic E-state index is 10.1. The van der Waals surface area contributed by atoms with Crippen molar-refractivity contribution in [3.63, 3.8) is 0 Å². The SMILES string of the molecule is CCN(c1ccc(N=C=O)cc1)C(C)C. The first-order valence-corrected chi connectivity index (χ1v) is 5.13. The highest BCUT2D eigenvalue weighted by Crippen LogP contribution is 2.20. The second-order valence-corrected chi connectivity index (χ2v) is 3.60. The Hall–Kier alpha value is -1.60. The summed E-state index contributed by atoms with van der Waals surface area (Å²) >= 11 is 0. The lowest BCUT2D eigenvalue weighted by atomic mass is 10.2. The Morgan fingerprint density at radius 1 is 1.33 bits per heavy atom. The summed E-state index contributed by atoms with van der Waals surface area (Å²) in [4.78, 5) is 15.9. The molecule has 0 aliphatic heterocycles. The fraction of sp³-hybridized carbons (Fsp3) is 0.417. The van der Waals surface area contributed by atoms with Crippen molar-refractivity contribution in [3.8, 4) is 0 Å². The quantitative estimate of drug-likeness (QED) is 0.558. The van der Waals surface area contributed by atoms with Crippen LogP contribution in [0, 0.1) is 0 Å². The second kappa shape index (κ2) is 5.32. The van der Waals surface area contributed by atoms with Gasteiger partial charge in [0.2, 0.25) is 6.08 Å². The van der Waals surface area contributed by atoms with Crippen molar-refractivity contribution in [1.82, 2.24) is 0 Å². The van der Waals surface area contributed by atoms with Crippen LogP contribution < -0.4 is 4.90 Å². The number of benzene rings is 1. The number of nitrogens with zero attached hydrogens (tertiary/aromatic N) is 2. The van der Waals surface area contributed by atoms with E-state index in [2.05, 4.69) is 30.7 Å². The summed E-state index contributed by atoms with van der Waals surface area (Å²) in [6.45, 7) is 7.40. The summed E-state index contributed by atoms with van der Waals surface area (Å²) < 4.78 is 0. The molecule has 1 aromatic carbocycles. The first-order chi connectivity index (χ1) is 7.19. The minimum absolute atomic E-state index is 0.468. The van der Waals surface area contributed by atoms with E-state index in [1.54, 1.807) is 0 Å². The Labute approximate surface area is 90.4 Å². The summed E-state index contributed by atoms with van der Waals surface area (Å²) in [5.41, 5.74) is 1.80. The van der Waals surface area contributed by atoms with E-state index in [1.165, 1.54) is 6.08 Å². The number of isocyanates is 1. The van der Waals surface area contributed by atoms with E-state index in [9.17, 15) is 4.79 Å². The molecule has 0 saturated carbocycles. The van der Waals surface area contributed by atoms with Crippen molar-refractivity contribution in [2.24, 2.45) is 4.99 Å². The predicted molar refractivity (Wildman–Crippen MR) is 62.4 cm³/mol. The molecule has 0 fully saturated rings. The van der Waals surface area contributed by atoms with Gasteiger partial charge in [-0.05, 0) is 45.0 Å². The van der Waals surface area contributed by atoms with E-state index in [-0.39, 0.29) is 0 Å². The highest BCUT2D eigenvalue weighted by Gasteiger charge is 2.07. The molecule has 0 aliphatic carbocycles. The van der Waals surface area contributed by atoms with Gasteiger partial charge in [0, 0.05) is 18.3 Å². The zero-order valence-corrected chi connectivity index (χ0v) is 9.40. The van der Waals surface area contributed by atoms with E-state index in [4.69, 9.17) is 0 Å². The van der Waals surface area contributed by atoms with Gasteiger partial charge in [-0.1, -0.05) is 0 Å². The third-order valence-electron chi connectivity index (χ3n) is 2.32. The van der Waals surface area contributed by atoms with Gasteiger partial charge >= 0.3 is 0 Å². The van der Waals surface area contributed by atoms with Crippen LogP contribution in [0.2, 0.25) is 0 Å². The molecule has 0 heterocycles. The van der Waals surface area contributed by atoms with Gasteiger partial charge in [0.15, 0.2) is 0 Å². The molecule has 0 spiro atoms. The van der Waals surface area contributed by atoms with Gasteiger partial charge in [-0.25, -0.2) is 4.79 Å². The molecule has 0 aromatic heterocycles. The molecule has 0 N–H and O–H groups in total. The fourth-order valence-electron chi connectivity index (χ4n) is 1.62. The van der Waals surface area contributed by atoms with Crippen LogP contribution in [0.5, 0.6) is 0 Å². The fourth-order valence-corrected chi connectivity index (χ4v) is 1.62. The lowest BCUT2D eigenvalue weighted by molar-refractivity contribution is 0.565. The third-order valence-corrected chi connectivity index (χ3v) is 2.32. The Morgan fingerprint density at radius 3 is 2.33 bits per heavy atom. The number of aliphatic imine (C=N–C) groups is 1. The molecule has 0 unspecified atom stereocenters. The molecule has 0 amide bonds. The van der Waals surface area contributed by atoms with Crippen LogP contribution in [-0.4, -0.2) is 18.7 Å². The van der Waals surface area contributed by atoms with Gasteiger partial charge in [-0.15, -0.1) is 0 Å². The van der Waals surface area contributed by atoms with E-state index >= 15 is 0 Å². The maximum absolute atomic E-state index is 10.1. The van der Waals surface area contributed by atoms with Gasteiger partial charge in [0.25, 0.3) is 0 Å². The molecule has 1 rings (SSSR count). The Balaban J connectivity index is 2.91. The van der Waals surface area contributed by atoms with Crippen molar-refractivity contribution < 1.29 is 4.79 Å². The number of rotatable bonds is 4. The lowest BCUT2D eigenvalue weighted by Crippen LogP contribution is -2.30. The molecule has 0 radical (unpaired) electrons. The van der Waals surface area contributed by atoms with Gasteiger partial charge in [-0.3, -0.25) is 0 Å². The number of hydrogen-bond donors (Lipinski definition) is 0. The van der Waals surface area contributed by atoms with E-state index in [1.807, 2.05) is 24.3 Å². The van der Waals surface area contributed by atoms with Crippen molar-refractivity contribution in [1.29, 1.82) is 0 Å². The Bertz CT molecular complexity index is 350. The molecule has 0 atom stereocenters. The van der Waals surface area contributed by atoms with Crippen LogP contribution >= 0.6 is 0 Å². The highest BCUT2D eigenvalue weighted by molar-refractivity contribution is 5.56. The summed E-state index contributed by atoms with van der Waals surface area (Å²) in [6, 6.07) is 8.06. The van der Waals surface area contributed by atoms with Gasteiger partial charge in [0.1, 0.15) is 0 Å². The van der Waals surface area contributed by atoms with E-state index < -0.39 is 0 Å². The molecule has 0 saturated heterocycles. The minimum atomic E-state index is 0.468. The maximum Gasteiger partial charge on any atom is 0.240 e. The lowest BCUT2D eigenvalue weighted by Gasteiger charge is -2.27. The summed E-state index contributed by atoms with van der Waals surface area (Å²) in [5.74, 6) is 0. The Morgan fingerprint density at radius 2 is 1.93 bits per heavy atom. The Kier molecular flexibility index (Phi) is 4.07. The normalized spacial score (nSPS) is 9.87. The highest BCUT2D eigenvalue weighted by atomic mass is 16.1. The van der Waals surface area contributed by atoms with Crippen molar-refractivity contribution in [2.45, 2.75) is 26.8 Å².